The van der Waals surface area contributed by atoms with E-state index in [-0.39, 0.29) is 25.2 Å². The molecule has 0 aliphatic carbocycles. The van der Waals surface area contributed by atoms with E-state index in [1.54, 1.807) is 0 Å². The Labute approximate surface area is 79.8 Å². The van der Waals surface area contributed by atoms with Crippen molar-refractivity contribution in [1.29, 1.82) is 0 Å². The molecular weight excluding hydrogens is 229 g/mol. The van der Waals surface area contributed by atoms with Crippen molar-refractivity contribution < 1.29 is 23.0 Å². The summed E-state index contributed by atoms with van der Waals surface area (Å²) in [5.41, 5.74) is 0. The second-order valence-electron chi connectivity index (χ2n) is 1.77. The van der Waals surface area contributed by atoms with Gasteiger partial charge in [-0.2, -0.15) is 0 Å². The summed E-state index contributed by atoms with van der Waals surface area (Å²) in [5, 5.41) is 0. The number of hydrogen-bond acceptors (Lipinski definition) is 2. The fourth-order valence-electron chi connectivity index (χ4n) is 0.623. The molecule has 6 heteroatoms. The van der Waals surface area contributed by atoms with Crippen LogP contribution in [-0.2, 0) is 23.0 Å². The molecule has 0 aromatic heterocycles. The van der Waals surface area contributed by atoms with Crippen molar-refractivity contribution in [2.75, 3.05) is 0 Å². The molecule has 0 aromatic rings. The van der Waals surface area contributed by atoms with Crippen molar-refractivity contribution in [3.8, 4) is 0 Å². The summed E-state index contributed by atoms with van der Waals surface area (Å²) in [6.45, 7) is 0. The predicted octanol–water partition coefficient (Wildman–Crippen LogP) is 1.30. The Morgan fingerprint density at radius 2 is 1.55 bits per heavy atom. The maximum absolute atomic E-state index is 10.4. The van der Waals surface area contributed by atoms with Gasteiger partial charge in [0, 0.05) is 12.8 Å². The van der Waals surface area contributed by atoms with Gasteiger partial charge in [-0.25, -0.2) is 7.05 Å². The number of carbonyl (C=O) groups excluding carboxylic acids is 2. The first-order valence-corrected chi connectivity index (χ1v) is 6.20. The van der Waals surface area contributed by atoms with E-state index in [1.807, 2.05) is 0 Å². The number of amides is 2. The van der Waals surface area contributed by atoms with Crippen LogP contribution in [0.15, 0.2) is 0 Å². The average molecular weight is 235 g/mol. The van der Waals surface area contributed by atoms with Crippen molar-refractivity contribution in [2.45, 2.75) is 12.8 Å². The van der Waals surface area contributed by atoms with E-state index in [2.05, 4.69) is 7.05 Å². The van der Waals surface area contributed by atoms with Gasteiger partial charge in [-0.15, -0.1) is 0 Å². The van der Waals surface area contributed by atoms with Gasteiger partial charge < -0.3 is 4.90 Å². The Balaban J connectivity index is 0.000000292. The maximum atomic E-state index is 10.4. The molecule has 0 N–H and O–H groups in total. The monoisotopic (exact) mass is 234 g/mol. The van der Waals surface area contributed by atoms with Crippen molar-refractivity contribution in [2.24, 2.45) is 0 Å². The van der Waals surface area contributed by atoms with Crippen LogP contribution in [0.2, 0.25) is 0 Å². The summed E-state index contributed by atoms with van der Waals surface area (Å²) >= 11 is -0.181. The first-order valence-electron chi connectivity index (χ1n) is 2.69. The molecule has 1 saturated heterocycles. The summed E-state index contributed by atoms with van der Waals surface area (Å²) in [4.78, 5) is 21.8. The molecule has 1 aliphatic heterocycles. The Hall–Kier alpha value is 0.252. The second kappa shape index (κ2) is 5.85. The zero-order chi connectivity index (χ0) is 8.85. The van der Waals surface area contributed by atoms with Crippen LogP contribution in [0.4, 0.5) is 0 Å². The normalized spacial score (nSPS) is 16.1. The summed E-state index contributed by atoms with van der Waals surface area (Å²) in [7, 11) is 12.9. The van der Waals surface area contributed by atoms with E-state index in [1.165, 1.54) is 0 Å². The third-order valence-electron chi connectivity index (χ3n) is 1.15. The molecular formula is C5H6Cl2CrNO2. The van der Waals surface area contributed by atoms with Crippen molar-refractivity contribution in [3.05, 3.63) is 7.05 Å². The standard InChI is InChI=1S/C5H6NO2.2ClH.Cr/c1-6-4(7)2-3-5(6)8;;;/h1-3H2;2*1H;/q-1;;;+3/p-2. The Morgan fingerprint density at radius 1 is 1.27 bits per heavy atom. The average Bonchev–Trinajstić information content (AvgIpc) is 2.22. The molecule has 0 radical (unpaired) electrons. The first kappa shape index (κ1) is 11.3. The fraction of sp³-hybridized carbons (Fsp3) is 0.400. The number of likely N-dealkylation sites (tertiary alicyclic amines) is 1. The summed E-state index contributed by atoms with van der Waals surface area (Å²) in [5.74, 6) is -0.343. The number of hydrogen-bond donors (Lipinski definition) is 0. The first-order chi connectivity index (χ1) is 5.13. The number of halogens is 2. The molecule has 1 aliphatic rings. The Kier molecular flexibility index (Phi) is 5.98. The minimum atomic E-state index is -0.181. The molecule has 63 valence electrons. The number of carbonyl (C=O) groups is 2. The van der Waals surface area contributed by atoms with Gasteiger partial charge in [-0.3, -0.25) is 9.59 Å². The summed E-state index contributed by atoms with van der Waals surface area (Å²) in [6, 6.07) is 0. The van der Waals surface area contributed by atoms with E-state index in [4.69, 9.17) is 20.1 Å². The van der Waals surface area contributed by atoms with Gasteiger partial charge in [0.2, 0.25) is 0 Å². The van der Waals surface area contributed by atoms with Crippen LogP contribution < -0.4 is 0 Å². The van der Waals surface area contributed by atoms with E-state index in [0.29, 0.717) is 12.8 Å². The Bertz CT molecular complexity index is 149. The molecule has 3 nitrogen and oxygen atoms in total. The molecule has 0 bridgehead atoms. The molecule has 1 heterocycles. The molecule has 0 aromatic carbocycles. The van der Waals surface area contributed by atoms with Crippen LogP contribution in [0, 0.1) is 7.05 Å². The van der Waals surface area contributed by atoms with Crippen molar-refractivity contribution in [1.82, 2.24) is 4.90 Å². The second-order valence-corrected chi connectivity index (χ2v) is 3.88. The molecule has 0 atom stereocenters. The van der Waals surface area contributed by atoms with Gasteiger partial charge in [0.15, 0.2) is 11.8 Å². The van der Waals surface area contributed by atoms with Gasteiger partial charge >= 0.3 is 33.5 Å². The van der Waals surface area contributed by atoms with E-state index in [0.717, 1.165) is 4.90 Å². The van der Waals surface area contributed by atoms with Crippen molar-refractivity contribution >= 4 is 31.9 Å². The molecule has 0 spiro atoms. The van der Waals surface area contributed by atoms with Gasteiger partial charge in [0.1, 0.15) is 0 Å². The minimum absolute atomic E-state index is 0.171. The molecule has 2 amide bonds. The number of rotatable bonds is 0. The topological polar surface area (TPSA) is 37.4 Å². The van der Waals surface area contributed by atoms with E-state index in [9.17, 15) is 9.59 Å². The zero-order valence-electron chi connectivity index (χ0n) is 5.55. The van der Waals surface area contributed by atoms with Crippen LogP contribution in [0.1, 0.15) is 12.8 Å². The quantitative estimate of drug-likeness (QED) is 0.468. The Morgan fingerprint density at radius 3 is 1.64 bits per heavy atom. The van der Waals surface area contributed by atoms with Crippen molar-refractivity contribution in [3.63, 3.8) is 0 Å². The number of imide groups is 1. The fourth-order valence-corrected chi connectivity index (χ4v) is 0.623. The van der Waals surface area contributed by atoms with Crippen LogP contribution in [0.25, 0.3) is 0 Å². The van der Waals surface area contributed by atoms with E-state index < -0.39 is 0 Å². The number of nitrogens with zero attached hydrogens (tertiary/aromatic N) is 1. The molecule has 1 rings (SSSR count). The predicted molar refractivity (Wildman–Crippen MR) is 38.2 cm³/mol. The van der Waals surface area contributed by atoms with Crippen LogP contribution >= 0.6 is 20.1 Å². The van der Waals surface area contributed by atoms with Gasteiger partial charge in [0.25, 0.3) is 0 Å². The van der Waals surface area contributed by atoms with Gasteiger partial charge in [0.05, 0.1) is 0 Å². The molecule has 0 unspecified atom stereocenters. The van der Waals surface area contributed by atoms with Gasteiger partial charge in [-0.05, 0) is 0 Å². The van der Waals surface area contributed by atoms with E-state index >= 15 is 0 Å². The summed E-state index contributed by atoms with van der Waals surface area (Å²) < 4.78 is 0. The third kappa shape index (κ3) is 3.98. The SMILES string of the molecule is [CH2-]N1C(=O)CCC1=O.[Cl][Cr+][Cl]. The molecule has 1 fully saturated rings. The van der Waals surface area contributed by atoms with Crippen LogP contribution in [-0.4, -0.2) is 16.7 Å². The third-order valence-corrected chi connectivity index (χ3v) is 1.15. The van der Waals surface area contributed by atoms with Crippen LogP contribution in [0.5, 0.6) is 0 Å². The zero-order valence-corrected chi connectivity index (χ0v) is 8.34. The molecule has 0 saturated carbocycles. The molecule has 11 heavy (non-hydrogen) atoms. The summed E-state index contributed by atoms with van der Waals surface area (Å²) in [6.07, 6.45) is 0.671. The van der Waals surface area contributed by atoms with Gasteiger partial charge in [-0.1, -0.05) is 0 Å². The van der Waals surface area contributed by atoms with Crippen LogP contribution in [0.3, 0.4) is 0 Å².